The molecule has 3 nitrogen and oxygen atoms in total. The van der Waals surface area contributed by atoms with Crippen LogP contribution in [0.15, 0.2) is 72.8 Å². The minimum atomic E-state index is -0.255. The number of rotatable bonds is 7. The molecule has 0 radical (unpaired) electrons. The molecule has 1 aliphatic heterocycles. The van der Waals surface area contributed by atoms with Crippen molar-refractivity contribution >= 4 is 5.91 Å². The lowest BCUT2D eigenvalue weighted by atomic mass is 9.88. The van der Waals surface area contributed by atoms with Crippen LogP contribution in [-0.4, -0.2) is 35.3 Å². The average Bonchev–Trinajstić information content (AvgIpc) is 3.19. The molecule has 0 saturated carbocycles. The predicted octanol–water partition coefficient (Wildman–Crippen LogP) is 5.71. The summed E-state index contributed by atoms with van der Waals surface area (Å²) in [6.45, 7) is 9.88. The van der Waals surface area contributed by atoms with Gasteiger partial charge in [-0.2, -0.15) is 0 Å². The summed E-state index contributed by atoms with van der Waals surface area (Å²) in [5.41, 5.74) is 6.13. The number of nitrogens with zero attached hydrogens (tertiary/aromatic N) is 2. The van der Waals surface area contributed by atoms with Crippen LogP contribution in [0.5, 0.6) is 0 Å². The second-order valence-corrected chi connectivity index (χ2v) is 9.48. The van der Waals surface area contributed by atoms with Crippen LogP contribution >= 0.6 is 0 Å². The molecule has 33 heavy (non-hydrogen) atoms. The zero-order valence-electron chi connectivity index (χ0n) is 19.8. The van der Waals surface area contributed by atoms with Crippen LogP contribution in [0.2, 0.25) is 0 Å². The summed E-state index contributed by atoms with van der Waals surface area (Å²) in [5.74, 6) is 0.502. The first-order valence-electron chi connectivity index (χ1n) is 11.7. The number of likely N-dealkylation sites (tertiary alicyclic amines) is 1. The number of carbonyl (C=O) groups is 1. The highest BCUT2D eigenvalue weighted by Gasteiger charge is 2.35. The van der Waals surface area contributed by atoms with Crippen molar-refractivity contribution in [3.05, 3.63) is 106 Å². The second kappa shape index (κ2) is 10.3. The summed E-state index contributed by atoms with van der Waals surface area (Å²) >= 11 is 0. The molecule has 1 saturated heterocycles. The zero-order valence-corrected chi connectivity index (χ0v) is 19.8. The van der Waals surface area contributed by atoms with E-state index in [0.717, 1.165) is 25.2 Å². The maximum atomic E-state index is 13.3. The predicted molar refractivity (Wildman–Crippen MR) is 131 cm³/mol. The number of hydrogen-bond acceptors (Lipinski definition) is 2. The van der Waals surface area contributed by atoms with Crippen molar-refractivity contribution in [3.63, 3.8) is 0 Å². The van der Waals surface area contributed by atoms with Crippen LogP contribution in [0.4, 0.5) is 4.39 Å². The number of carbonyl (C=O) groups excluding carboxylic acids is 1. The van der Waals surface area contributed by atoms with Crippen LogP contribution < -0.4 is 0 Å². The monoisotopic (exact) mass is 444 g/mol. The Balaban J connectivity index is 1.53. The first kappa shape index (κ1) is 23.2. The van der Waals surface area contributed by atoms with Gasteiger partial charge in [0.15, 0.2) is 0 Å². The molecule has 3 aromatic rings. The maximum absolute atomic E-state index is 13.3. The minimum Gasteiger partial charge on any atom is -0.338 e. The SMILES string of the molecule is CC(=O)N(Cc1ccc(F)cc1)C[C@@H]1CN(Cc2ccc(C)cc2)C[C@H]1c1ccc(C)cc1. The standard InChI is InChI=1S/C29H33FN2O/c1-21-4-8-24(9-5-21)16-31-18-27(29(20-31)26-12-6-22(2)7-13-26)19-32(23(3)33)17-25-10-14-28(30)15-11-25/h4-15,27,29H,16-20H2,1-3H3/t27-,29-/m0/s1. The van der Waals surface area contributed by atoms with E-state index in [1.807, 2.05) is 4.90 Å². The summed E-state index contributed by atoms with van der Waals surface area (Å²) in [6, 6.07) is 24.0. The van der Waals surface area contributed by atoms with E-state index in [1.165, 1.54) is 34.4 Å². The van der Waals surface area contributed by atoms with Crippen LogP contribution in [0.1, 0.15) is 40.7 Å². The minimum absolute atomic E-state index is 0.0546. The zero-order chi connectivity index (χ0) is 23.4. The lowest BCUT2D eigenvalue weighted by Gasteiger charge is -2.28. The Kier molecular flexibility index (Phi) is 7.24. The fourth-order valence-corrected chi connectivity index (χ4v) is 4.82. The second-order valence-electron chi connectivity index (χ2n) is 9.48. The number of benzene rings is 3. The molecule has 1 aliphatic rings. The molecule has 1 amide bonds. The van der Waals surface area contributed by atoms with E-state index in [-0.39, 0.29) is 11.7 Å². The van der Waals surface area contributed by atoms with Gasteiger partial charge >= 0.3 is 0 Å². The Morgan fingerprint density at radius 2 is 1.45 bits per heavy atom. The fraction of sp³-hybridized carbons (Fsp3) is 0.345. The highest BCUT2D eigenvalue weighted by Crippen LogP contribution is 2.34. The number of hydrogen-bond donors (Lipinski definition) is 0. The van der Waals surface area contributed by atoms with E-state index < -0.39 is 0 Å². The van der Waals surface area contributed by atoms with Crippen molar-refractivity contribution in [2.75, 3.05) is 19.6 Å². The third-order valence-corrected chi connectivity index (χ3v) is 6.74. The number of amides is 1. The first-order valence-corrected chi connectivity index (χ1v) is 11.7. The van der Waals surface area contributed by atoms with Crippen molar-refractivity contribution in [1.82, 2.24) is 9.80 Å². The molecule has 172 valence electrons. The molecule has 3 aromatic carbocycles. The Hall–Kier alpha value is -2.98. The third kappa shape index (κ3) is 6.08. The summed E-state index contributed by atoms with van der Waals surface area (Å²) in [4.78, 5) is 17.0. The lowest BCUT2D eigenvalue weighted by molar-refractivity contribution is -0.130. The van der Waals surface area contributed by atoms with Gasteiger partial charge in [-0.3, -0.25) is 9.69 Å². The van der Waals surface area contributed by atoms with Crippen LogP contribution in [0.25, 0.3) is 0 Å². The molecule has 4 heteroatoms. The number of halogens is 1. The maximum Gasteiger partial charge on any atom is 0.219 e. The van der Waals surface area contributed by atoms with Gasteiger partial charge in [0.2, 0.25) is 5.91 Å². The molecular weight excluding hydrogens is 411 g/mol. The Bertz CT molecular complexity index is 1060. The summed E-state index contributed by atoms with van der Waals surface area (Å²) in [6.07, 6.45) is 0. The quantitative estimate of drug-likeness (QED) is 0.466. The topological polar surface area (TPSA) is 23.6 Å². The van der Waals surface area contributed by atoms with E-state index in [0.29, 0.717) is 24.9 Å². The Morgan fingerprint density at radius 3 is 2.06 bits per heavy atom. The van der Waals surface area contributed by atoms with Gasteiger partial charge in [-0.05, 0) is 48.6 Å². The van der Waals surface area contributed by atoms with Gasteiger partial charge in [0.1, 0.15) is 5.82 Å². The summed E-state index contributed by atoms with van der Waals surface area (Å²) in [7, 11) is 0. The molecule has 0 bridgehead atoms. The molecule has 0 N–H and O–H groups in total. The Labute approximate surface area is 196 Å². The summed E-state index contributed by atoms with van der Waals surface area (Å²) in [5, 5.41) is 0. The van der Waals surface area contributed by atoms with Crippen molar-refractivity contribution in [3.8, 4) is 0 Å². The van der Waals surface area contributed by atoms with Crippen molar-refractivity contribution in [1.29, 1.82) is 0 Å². The molecule has 1 heterocycles. The molecule has 1 fully saturated rings. The van der Waals surface area contributed by atoms with E-state index >= 15 is 0 Å². The highest BCUT2D eigenvalue weighted by molar-refractivity contribution is 5.73. The van der Waals surface area contributed by atoms with Crippen molar-refractivity contribution in [2.45, 2.75) is 39.8 Å². The average molecular weight is 445 g/mol. The van der Waals surface area contributed by atoms with Crippen LogP contribution in [-0.2, 0) is 17.9 Å². The molecule has 0 unspecified atom stereocenters. The molecule has 0 spiro atoms. The largest absolute Gasteiger partial charge is 0.338 e. The van der Waals surface area contributed by atoms with Gasteiger partial charge in [0.05, 0.1) is 0 Å². The Morgan fingerprint density at radius 1 is 0.879 bits per heavy atom. The van der Waals surface area contributed by atoms with Gasteiger partial charge in [0, 0.05) is 45.6 Å². The van der Waals surface area contributed by atoms with E-state index in [2.05, 4.69) is 67.3 Å². The van der Waals surface area contributed by atoms with E-state index in [9.17, 15) is 9.18 Å². The molecule has 0 aromatic heterocycles. The molecule has 2 atom stereocenters. The fourth-order valence-electron chi connectivity index (χ4n) is 4.82. The molecule has 4 rings (SSSR count). The van der Waals surface area contributed by atoms with E-state index in [4.69, 9.17) is 0 Å². The molecular formula is C29H33FN2O. The highest BCUT2D eigenvalue weighted by atomic mass is 19.1. The van der Waals surface area contributed by atoms with E-state index in [1.54, 1.807) is 19.1 Å². The van der Waals surface area contributed by atoms with Crippen molar-refractivity contribution < 1.29 is 9.18 Å². The van der Waals surface area contributed by atoms with Crippen LogP contribution in [0, 0.1) is 25.6 Å². The normalized spacial score (nSPS) is 18.4. The van der Waals surface area contributed by atoms with Gasteiger partial charge in [-0.25, -0.2) is 4.39 Å². The molecule has 0 aliphatic carbocycles. The summed E-state index contributed by atoms with van der Waals surface area (Å²) < 4.78 is 13.3. The van der Waals surface area contributed by atoms with Gasteiger partial charge in [-0.1, -0.05) is 71.8 Å². The third-order valence-electron chi connectivity index (χ3n) is 6.74. The lowest BCUT2D eigenvalue weighted by Crippen LogP contribution is -2.35. The van der Waals surface area contributed by atoms with Crippen LogP contribution in [0.3, 0.4) is 0 Å². The van der Waals surface area contributed by atoms with Gasteiger partial charge in [-0.15, -0.1) is 0 Å². The number of aryl methyl sites for hydroxylation is 2. The smallest absolute Gasteiger partial charge is 0.219 e. The van der Waals surface area contributed by atoms with Crippen molar-refractivity contribution in [2.24, 2.45) is 5.92 Å². The van der Waals surface area contributed by atoms with Gasteiger partial charge < -0.3 is 4.90 Å². The van der Waals surface area contributed by atoms with Gasteiger partial charge in [0.25, 0.3) is 0 Å². The first-order chi connectivity index (χ1) is 15.9.